The van der Waals surface area contributed by atoms with Crippen molar-refractivity contribution in [3.63, 3.8) is 0 Å². The first-order chi connectivity index (χ1) is 11.9. The second-order valence-electron chi connectivity index (χ2n) is 5.61. The highest BCUT2D eigenvalue weighted by molar-refractivity contribution is 8.00. The molecule has 2 rings (SSSR count). The van der Waals surface area contributed by atoms with E-state index in [2.05, 4.69) is 6.58 Å². The van der Waals surface area contributed by atoms with E-state index in [0.717, 1.165) is 10.5 Å². The lowest BCUT2D eigenvalue weighted by molar-refractivity contribution is 0.116. The van der Waals surface area contributed by atoms with Crippen LogP contribution >= 0.6 is 11.8 Å². The molecule has 0 saturated heterocycles. The van der Waals surface area contributed by atoms with Gasteiger partial charge >= 0.3 is 0 Å². The highest BCUT2D eigenvalue weighted by atomic mass is 32.2. The maximum Gasteiger partial charge on any atom is 0.297 e. The van der Waals surface area contributed by atoms with Gasteiger partial charge in [0.25, 0.3) is 10.1 Å². The molecule has 2 aromatic carbocycles. The molecule has 2 atom stereocenters. The zero-order valence-electron chi connectivity index (χ0n) is 14.0. The molecule has 134 valence electrons. The fraction of sp³-hybridized carbons (Fsp3) is 0.263. The van der Waals surface area contributed by atoms with E-state index in [9.17, 15) is 13.5 Å². The molecule has 0 amide bonds. The molecule has 2 aromatic rings. The lowest BCUT2D eigenvalue weighted by Gasteiger charge is -2.19. The number of rotatable bonds is 9. The van der Waals surface area contributed by atoms with Gasteiger partial charge in [-0.2, -0.15) is 8.42 Å². The number of thioether (sulfide) groups is 1. The number of aryl methyl sites for hydroxylation is 1. The van der Waals surface area contributed by atoms with Crippen LogP contribution in [0.3, 0.4) is 0 Å². The fourth-order valence-corrected chi connectivity index (χ4v) is 4.36. The van der Waals surface area contributed by atoms with Crippen LogP contribution in [-0.2, 0) is 14.3 Å². The molecule has 0 bridgehead atoms. The first kappa shape index (κ1) is 19.7. The molecular weight excluding hydrogens is 356 g/mol. The average molecular weight is 379 g/mol. The minimum atomic E-state index is -3.92. The maximum absolute atomic E-state index is 12.4. The Bertz CT molecular complexity index is 771. The van der Waals surface area contributed by atoms with Gasteiger partial charge in [0, 0.05) is 10.1 Å². The van der Waals surface area contributed by atoms with Gasteiger partial charge in [-0.15, -0.1) is 18.3 Å². The van der Waals surface area contributed by atoms with E-state index in [-0.39, 0.29) is 16.8 Å². The molecule has 1 N–H and O–H groups in total. The molecular formula is C19H22O4S2. The molecule has 0 aliphatic rings. The molecule has 0 aliphatic heterocycles. The lowest BCUT2D eigenvalue weighted by Crippen LogP contribution is -2.25. The van der Waals surface area contributed by atoms with Crippen molar-refractivity contribution in [1.29, 1.82) is 0 Å². The van der Waals surface area contributed by atoms with E-state index in [1.54, 1.807) is 30.0 Å². The van der Waals surface area contributed by atoms with E-state index >= 15 is 0 Å². The molecule has 0 aliphatic carbocycles. The zero-order chi connectivity index (χ0) is 18.3. The smallest absolute Gasteiger partial charge is 0.297 e. The third kappa shape index (κ3) is 6.01. The first-order valence-electron chi connectivity index (χ1n) is 7.89. The van der Waals surface area contributed by atoms with Gasteiger partial charge in [0.15, 0.2) is 0 Å². The van der Waals surface area contributed by atoms with E-state index in [4.69, 9.17) is 4.18 Å². The van der Waals surface area contributed by atoms with Crippen molar-refractivity contribution in [2.45, 2.75) is 34.5 Å². The largest absolute Gasteiger partial charge is 0.394 e. The maximum atomic E-state index is 12.4. The Balaban J connectivity index is 2.05. The van der Waals surface area contributed by atoms with Crippen LogP contribution in [0.1, 0.15) is 12.0 Å². The second kappa shape index (κ2) is 9.20. The quantitative estimate of drug-likeness (QED) is 0.408. The predicted molar refractivity (Wildman–Crippen MR) is 101 cm³/mol. The van der Waals surface area contributed by atoms with Crippen molar-refractivity contribution in [3.8, 4) is 0 Å². The van der Waals surface area contributed by atoms with E-state index in [0.29, 0.717) is 6.42 Å². The van der Waals surface area contributed by atoms with Crippen LogP contribution in [0.5, 0.6) is 0 Å². The standard InChI is InChI=1S/C19H22O4S2/c1-3-17(24-18-7-5-4-6-8-18)13-16(14-20)23-25(21,22)19-11-9-15(2)10-12-19/h3-12,16-17,20H,1,13-14H2,2H3/t16-,17?/m0/s1. The van der Waals surface area contributed by atoms with Crippen molar-refractivity contribution < 1.29 is 17.7 Å². The normalized spacial score (nSPS) is 14.0. The summed E-state index contributed by atoms with van der Waals surface area (Å²) >= 11 is 1.55. The van der Waals surface area contributed by atoms with Crippen LogP contribution in [0, 0.1) is 6.92 Å². The van der Waals surface area contributed by atoms with Gasteiger partial charge in [-0.05, 0) is 37.6 Å². The minimum Gasteiger partial charge on any atom is -0.394 e. The van der Waals surface area contributed by atoms with Crippen LogP contribution < -0.4 is 0 Å². The number of hydrogen-bond acceptors (Lipinski definition) is 5. The monoisotopic (exact) mass is 378 g/mol. The molecule has 1 unspecified atom stereocenters. The van der Waals surface area contributed by atoms with Crippen molar-refractivity contribution in [2.24, 2.45) is 0 Å². The Morgan fingerprint density at radius 2 is 1.80 bits per heavy atom. The van der Waals surface area contributed by atoms with Crippen molar-refractivity contribution in [3.05, 3.63) is 72.8 Å². The molecule has 0 spiro atoms. The average Bonchev–Trinajstić information content (AvgIpc) is 2.61. The number of benzene rings is 2. The highest BCUT2D eigenvalue weighted by Gasteiger charge is 2.24. The third-order valence-electron chi connectivity index (χ3n) is 3.56. The van der Waals surface area contributed by atoms with Crippen LogP contribution in [0.15, 0.2) is 77.0 Å². The van der Waals surface area contributed by atoms with Crippen LogP contribution in [0.2, 0.25) is 0 Å². The fourth-order valence-electron chi connectivity index (χ4n) is 2.21. The summed E-state index contributed by atoms with van der Waals surface area (Å²) in [5.74, 6) is 0. The zero-order valence-corrected chi connectivity index (χ0v) is 15.7. The van der Waals surface area contributed by atoms with E-state index in [1.165, 1.54) is 12.1 Å². The summed E-state index contributed by atoms with van der Waals surface area (Å²) in [6.07, 6.45) is 1.25. The van der Waals surface area contributed by atoms with Gasteiger partial charge in [0.05, 0.1) is 11.5 Å². The topological polar surface area (TPSA) is 63.6 Å². The lowest BCUT2D eigenvalue weighted by atomic mass is 10.2. The summed E-state index contributed by atoms with van der Waals surface area (Å²) in [5.41, 5.74) is 0.962. The molecule has 0 aromatic heterocycles. The molecule has 0 fully saturated rings. The second-order valence-corrected chi connectivity index (χ2v) is 8.49. The van der Waals surface area contributed by atoms with Gasteiger partial charge in [-0.25, -0.2) is 0 Å². The highest BCUT2D eigenvalue weighted by Crippen LogP contribution is 2.28. The van der Waals surface area contributed by atoms with Crippen molar-refractivity contribution >= 4 is 21.9 Å². The Morgan fingerprint density at radius 3 is 2.36 bits per heavy atom. The summed E-state index contributed by atoms with van der Waals surface area (Å²) in [6, 6.07) is 16.2. The first-order valence-corrected chi connectivity index (χ1v) is 10.2. The van der Waals surface area contributed by atoms with E-state index < -0.39 is 16.2 Å². The third-order valence-corrected chi connectivity index (χ3v) is 6.17. The number of aliphatic hydroxyl groups is 1. The Hall–Kier alpha value is -1.60. The molecule has 25 heavy (non-hydrogen) atoms. The molecule has 0 radical (unpaired) electrons. The number of aliphatic hydroxyl groups excluding tert-OH is 1. The predicted octanol–water partition coefficient (Wildman–Crippen LogP) is 3.80. The summed E-state index contributed by atoms with van der Waals surface area (Å²) in [7, 11) is -3.92. The van der Waals surface area contributed by atoms with Gasteiger partial charge < -0.3 is 5.11 Å². The van der Waals surface area contributed by atoms with E-state index in [1.807, 2.05) is 37.3 Å². The SMILES string of the molecule is C=CC(C[C@@H](CO)OS(=O)(=O)c1ccc(C)cc1)Sc1ccccc1. The molecule has 0 saturated carbocycles. The van der Waals surface area contributed by atoms with Crippen molar-refractivity contribution in [1.82, 2.24) is 0 Å². The molecule has 0 heterocycles. The van der Waals surface area contributed by atoms with Crippen LogP contribution in [0.4, 0.5) is 0 Å². The van der Waals surface area contributed by atoms with Gasteiger partial charge in [-0.3, -0.25) is 4.18 Å². The minimum absolute atomic E-state index is 0.0761. The van der Waals surface area contributed by atoms with Gasteiger partial charge in [-0.1, -0.05) is 42.0 Å². The number of hydrogen-bond donors (Lipinski definition) is 1. The Kier molecular flexibility index (Phi) is 7.25. The van der Waals surface area contributed by atoms with Gasteiger partial charge in [0.2, 0.25) is 0 Å². The molecule has 6 heteroatoms. The van der Waals surface area contributed by atoms with Crippen LogP contribution in [-0.4, -0.2) is 31.5 Å². The summed E-state index contributed by atoms with van der Waals surface area (Å²) < 4.78 is 30.0. The molecule has 4 nitrogen and oxygen atoms in total. The summed E-state index contributed by atoms with van der Waals surface area (Å²) in [6.45, 7) is 5.30. The van der Waals surface area contributed by atoms with Crippen molar-refractivity contribution in [2.75, 3.05) is 6.61 Å². The summed E-state index contributed by atoms with van der Waals surface area (Å²) in [5, 5.41) is 9.48. The Labute approximate surface area is 153 Å². The Morgan fingerprint density at radius 1 is 1.16 bits per heavy atom. The summed E-state index contributed by atoms with van der Waals surface area (Å²) in [4.78, 5) is 1.13. The van der Waals surface area contributed by atoms with Crippen LogP contribution in [0.25, 0.3) is 0 Å². The van der Waals surface area contributed by atoms with Gasteiger partial charge in [0.1, 0.15) is 6.10 Å².